The van der Waals surface area contributed by atoms with Gasteiger partial charge in [0.2, 0.25) is 5.91 Å². The van der Waals surface area contributed by atoms with E-state index in [-0.39, 0.29) is 12.5 Å². The molecule has 0 aliphatic heterocycles. The van der Waals surface area contributed by atoms with Crippen molar-refractivity contribution in [1.29, 1.82) is 0 Å². The van der Waals surface area contributed by atoms with E-state index in [1.165, 1.54) is 0 Å². The molecule has 1 N–H and O–H groups in total. The Bertz CT molecular complexity index is 670. The number of hydrogen-bond donors (Lipinski definition) is 1. The minimum absolute atomic E-state index is 0.134. The van der Waals surface area contributed by atoms with Crippen LogP contribution in [0, 0.1) is 5.92 Å². The maximum absolute atomic E-state index is 12.7. The smallest absolute Gasteiger partial charge is 0.421 e. The molecule has 0 bridgehead atoms. The molecule has 140 valence electrons. The number of nitrogens with one attached hydrogen (secondary N) is 1. The number of alkyl halides is 3. The summed E-state index contributed by atoms with van der Waals surface area (Å²) in [5.74, 6) is -1.61. The summed E-state index contributed by atoms with van der Waals surface area (Å²) in [4.78, 5) is 35.9. The van der Waals surface area contributed by atoms with E-state index in [4.69, 9.17) is 4.74 Å². The van der Waals surface area contributed by atoms with Gasteiger partial charge < -0.3 is 14.6 Å². The lowest BCUT2D eigenvalue weighted by molar-refractivity contribution is -0.149. The molecule has 1 aromatic rings. The molecule has 0 aromatic carbocycles. The molecule has 25 heavy (non-hydrogen) atoms. The topological polar surface area (TPSA) is 77.4 Å². The van der Waals surface area contributed by atoms with Gasteiger partial charge in [-0.15, -0.1) is 0 Å². The summed E-state index contributed by atoms with van der Waals surface area (Å²) in [7, 11) is 0. The molecule has 0 aliphatic carbocycles. The molecular formula is C16H21F3N2O4. The highest BCUT2D eigenvalue weighted by Crippen LogP contribution is 2.25. The summed E-state index contributed by atoms with van der Waals surface area (Å²) in [5, 5.41) is 2.43. The lowest BCUT2D eigenvalue weighted by atomic mass is 9.99. The van der Waals surface area contributed by atoms with E-state index in [1.54, 1.807) is 13.8 Å². The molecule has 2 unspecified atom stereocenters. The van der Waals surface area contributed by atoms with Crippen molar-refractivity contribution in [3.05, 3.63) is 34.2 Å². The second-order valence-corrected chi connectivity index (χ2v) is 5.54. The van der Waals surface area contributed by atoms with E-state index in [2.05, 4.69) is 5.32 Å². The van der Waals surface area contributed by atoms with Crippen molar-refractivity contribution < 1.29 is 27.5 Å². The average Bonchev–Trinajstić information content (AvgIpc) is 2.53. The third kappa shape index (κ3) is 5.61. The zero-order valence-electron chi connectivity index (χ0n) is 14.2. The summed E-state index contributed by atoms with van der Waals surface area (Å²) >= 11 is 0. The van der Waals surface area contributed by atoms with Crippen LogP contribution < -0.4 is 10.9 Å². The fourth-order valence-corrected chi connectivity index (χ4v) is 2.15. The number of ether oxygens (including phenoxy) is 1. The molecule has 0 aliphatic rings. The van der Waals surface area contributed by atoms with Crippen LogP contribution in [0.15, 0.2) is 23.1 Å². The number of halogens is 3. The van der Waals surface area contributed by atoms with Crippen LogP contribution in [0.4, 0.5) is 13.2 Å². The number of carbonyl (C=O) groups is 2. The standard InChI is InChI=1S/C16H21F3N2O4/c1-4-10(3)13(15(24)25-5-2)20-12(22)9-21-8-6-7-11(14(21)23)16(17,18)19/h6-8,10,13H,4-5,9H2,1-3H3,(H,20,22). The van der Waals surface area contributed by atoms with Gasteiger partial charge in [-0.25, -0.2) is 4.79 Å². The lowest BCUT2D eigenvalue weighted by Crippen LogP contribution is -2.47. The largest absolute Gasteiger partial charge is 0.464 e. The van der Waals surface area contributed by atoms with E-state index in [9.17, 15) is 27.6 Å². The number of rotatable bonds is 7. The van der Waals surface area contributed by atoms with E-state index < -0.39 is 41.8 Å². The van der Waals surface area contributed by atoms with Crippen LogP contribution in [0.5, 0.6) is 0 Å². The van der Waals surface area contributed by atoms with Crippen LogP contribution >= 0.6 is 0 Å². The van der Waals surface area contributed by atoms with Gasteiger partial charge in [-0.2, -0.15) is 13.2 Å². The monoisotopic (exact) mass is 362 g/mol. The van der Waals surface area contributed by atoms with Crippen LogP contribution in [0.1, 0.15) is 32.8 Å². The minimum Gasteiger partial charge on any atom is -0.464 e. The van der Waals surface area contributed by atoms with E-state index in [0.29, 0.717) is 17.1 Å². The zero-order chi connectivity index (χ0) is 19.2. The number of hydrogen-bond acceptors (Lipinski definition) is 4. The molecule has 1 rings (SSSR count). The highest BCUT2D eigenvalue weighted by Gasteiger charge is 2.34. The third-order valence-corrected chi connectivity index (χ3v) is 3.71. The molecular weight excluding hydrogens is 341 g/mol. The second kappa shape index (κ2) is 8.68. The van der Waals surface area contributed by atoms with Gasteiger partial charge in [0, 0.05) is 6.20 Å². The molecule has 0 saturated heterocycles. The molecule has 1 heterocycles. The molecule has 0 saturated carbocycles. The second-order valence-electron chi connectivity index (χ2n) is 5.54. The number of pyridine rings is 1. The molecule has 0 spiro atoms. The molecule has 0 radical (unpaired) electrons. The van der Waals surface area contributed by atoms with Gasteiger partial charge in [-0.1, -0.05) is 20.3 Å². The molecule has 2 atom stereocenters. The van der Waals surface area contributed by atoms with Crippen molar-refractivity contribution in [3.8, 4) is 0 Å². The first-order valence-corrected chi connectivity index (χ1v) is 7.84. The Balaban J connectivity index is 2.95. The normalized spacial score (nSPS) is 13.8. The molecule has 9 heteroatoms. The fraction of sp³-hybridized carbons (Fsp3) is 0.562. The first-order chi connectivity index (χ1) is 11.6. The first kappa shape index (κ1) is 20.7. The molecule has 1 amide bonds. The first-order valence-electron chi connectivity index (χ1n) is 7.84. The Morgan fingerprint density at radius 1 is 1.32 bits per heavy atom. The zero-order valence-corrected chi connectivity index (χ0v) is 14.2. The summed E-state index contributed by atoms with van der Waals surface area (Å²) in [6.45, 7) is 4.68. The van der Waals surface area contributed by atoms with Crippen molar-refractivity contribution in [2.75, 3.05) is 6.61 Å². The van der Waals surface area contributed by atoms with Gasteiger partial charge in [-0.3, -0.25) is 9.59 Å². The Morgan fingerprint density at radius 3 is 2.48 bits per heavy atom. The van der Waals surface area contributed by atoms with Gasteiger partial charge in [-0.05, 0) is 25.0 Å². The Morgan fingerprint density at radius 2 is 1.96 bits per heavy atom. The number of aromatic nitrogens is 1. The number of esters is 1. The number of carbonyl (C=O) groups excluding carboxylic acids is 2. The van der Waals surface area contributed by atoms with E-state index >= 15 is 0 Å². The third-order valence-electron chi connectivity index (χ3n) is 3.71. The highest BCUT2D eigenvalue weighted by atomic mass is 19.4. The van der Waals surface area contributed by atoms with Crippen molar-refractivity contribution >= 4 is 11.9 Å². The van der Waals surface area contributed by atoms with Crippen molar-refractivity contribution in [2.45, 2.75) is 46.0 Å². The Kier molecular flexibility index (Phi) is 7.20. The lowest BCUT2D eigenvalue weighted by Gasteiger charge is -2.22. The van der Waals surface area contributed by atoms with Crippen LogP contribution in [-0.4, -0.2) is 29.1 Å². The summed E-state index contributed by atoms with van der Waals surface area (Å²) in [6, 6.07) is 0.755. The van der Waals surface area contributed by atoms with Gasteiger partial charge in [0.1, 0.15) is 18.2 Å². The summed E-state index contributed by atoms with van der Waals surface area (Å²) in [5.41, 5.74) is -2.67. The minimum atomic E-state index is -4.80. The molecule has 0 fully saturated rings. The maximum Gasteiger partial charge on any atom is 0.421 e. The van der Waals surface area contributed by atoms with Crippen LogP contribution in [0.3, 0.4) is 0 Å². The summed E-state index contributed by atoms with van der Waals surface area (Å²) < 4.78 is 43.8. The van der Waals surface area contributed by atoms with Crippen molar-refractivity contribution in [2.24, 2.45) is 5.92 Å². The van der Waals surface area contributed by atoms with Gasteiger partial charge >= 0.3 is 12.1 Å². The molecule has 1 aromatic heterocycles. The number of amides is 1. The van der Waals surface area contributed by atoms with Crippen molar-refractivity contribution in [3.63, 3.8) is 0 Å². The fourth-order valence-electron chi connectivity index (χ4n) is 2.15. The SMILES string of the molecule is CCOC(=O)C(NC(=O)Cn1cccc(C(F)(F)F)c1=O)C(C)CC. The highest BCUT2D eigenvalue weighted by molar-refractivity contribution is 5.84. The Hall–Kier alpha value is -2.32. The quantitative estimate of drug-likeness (QED) is 0.753. The van der Waals surface area contributed by atoms with Crippen molar-refractivity contribution in [1.82, 2.24) is 9.88 Å². The van der Waals surface area contributed by atoms with Gasteiger partial charge in [0.25, 0.3) is 5.56 Å². The van der Waals surface area contributed by atoms with Crippen LogP contribution in [-0.2, 0) is 27.0 Å². The molecule has 6 nitrogen and oxygen atoms in total. The van der Waals surface area contributed by atoms with Gasteiger partial charge in [0.15, 0.2) is 0 Å². The summed E-state index contributed by atoms with van der Waals surface area (Å²) in [6.07, 6.45) is -3.15. The predicted octanol–water partition coefficient (Wildman–Crippen LogP) is 1.96. The van der Waals surface area contributed by atoms with E-state index in [0.717, 1.165) is 12.3 Å². The Labute approximate surface area is 143 Å². The van der Waals surface area contributed by atoms with Crippen LogP contribution in [0.2, 0.25) is 0 Å². The average molecular weight is 362 g/mol. The maximum atomic E-state index is 12.7. The van der Waals surface area contributed by atoms with E-state index in [1.807, 2.05) is 6.92 Å². The van der Waals surface area contributed by atoms with Crippen LogP contribution in [0.25, 0.3) is 0 Å². The number of nitrogens with zero attached hydrogens (tertiary/aromatic N) is 1. The predicted molar refractivity (Wildman–Crippen MR) is 83.7 cm³/mol. The van der Waals surface area contributed by atoms with Gasteiger partial charge in [0.05, 0.1) is 6.61 Å².